The van der Waals surface area contributed by atoms with Crippen LogP contribution in [-0.4, -0.2) is 56.1 Å². The van der Waals surface area contributed by atoms with Gasteiger partial charge in [0.15, 0.2) is 5.79 Å². The summed E-state index contributed by atoms with van der Waals surface area (Å²) < 4.78 is 17.7. The zero-order valence-corrected chi connectivity index (χ0v) is 14.6. The number of ether oxygens (including phenoxy) is 3. The summed E-state index contributed by atoms with van der Waals surface area (Å²) in [6.07, 6.45) is 5.31. The van der Waals surface area contributed by atoms with Crippen molar-refractivity contribution in [1.82, 2.24) is 4.90 Å². The predicted octanol–water partition coefficient (Wildman–Crippen LogP) is 2.52. The van der Waals surface area contributed by atoms with Crippen molar-refractivity contribution in [3.63, 3.8) is 0 Å². The zero-order chi connectivity index (χ0) is 16.8. The summed E-state index contributed by atoms with van der Waals surface area (Å²) in [5.74, 6) is 0.200. The number of hydrogen-bond acceptors (Lipinski definition) is 5. The molecule has 2 heterocycles. The Kier molecular flexibility index (Phi) is 6.11. The number of rotatable bonds is 7. The van der Waals surface area contributed by atoms with Crippen LogP contribution >= 0.6 is 0 Å². The highest BCUT2D eigenvalue weighted by Crippen LogP contribution is 2.37. The molecule has 5 heteroatoms. The summed E-state index contributed by atoms with van der Waals surface area (Å²) in [6.45, 7) is 3.47. The van der Waals surface area contributed by atoms with Gasteiger partial charge in [-0.15, -0.1) is 0 Å². The van der Waals surface area contributed by atoms with Crippen LogP contribution in [-0.2, 0) is 15.3 Å². The fraction of sp³-hybridized carbons (Fsp3) is 0.684. The first-order valence-electron chi connectivity index (χ1n) is 9.05. The summed E-state index contributed by atoms with van der Waals surface area (Å²) >= 11 is 0. The molecule has 1 unspecified atom stereocenters. The summed E-state index contributed by atoms with van der Waals surface area (Å²) in [5.41, 5.74) is 1.06. The molecule has 0 radical (unpaired) electrons. The number of methoxy groups -OCH3 is 1. The number of hydrogen-bond donors (Lipinski definition) is 1. The van der Waals surface area contributed by atoms with Crippen LogP contribution in [0.5, 0.6) is 5.75 Å². The van der Waals surface area contributed by atoms with Crippen LogP contribution in [0.4, 0.5) is 0 Å². The van der Waals surface area contributed by atoms with Crippen molar-refractivity contribution >= 4 is 0 Å². The molecule has 1 aromatic rings. The smallest absolute Gasteiger partial charge is 0.194 e. The minimum atomic E-state index is -0.640. The Bertz CT molecular complexity index is 499. The van der Waals surface area contributed by atoms with Crippen molar-refractivity contribution in [1.29, 1.82) is 0 Å². The second kappa shape index (κ2) is 8.30. The molecule has 2 atom stereocenters. The van der Waals surface area contributed by atoms with E-state index in [0.717, 1.165) is 63.1 Å². The van der Waals surface area contributed by atoms with E-state index in [4.69, 9.17) is 14.2 Å². The zero-order valence-electron chi connectivity index (χ0n) is 14.6. The number of aliphatic hydroxyl groups is 1. The van der Waals surface area contributed by atoms with Crippen LogP contribution in [0.15, 0.2) is 24.3 Å². The number of aliphatic hydroxyl groups excluding tert-OH is 1. The molecule has 2 saturated heterocycles. The van der Waals surface area contributed by atoms with Crippen LogP contribution in [0, 0.1) is 0 Å². The van der Waals surface area contributed by atoms with Gasteiger partial charge in [0.05, 0.1) is 26.9 Å². The normalized spacial score (nSPS) is 28.2. The fourth-order valence-corrected chi connectivity index (χ4v) is 3.76. The molecule has 0 aromatic heterocycles. The molecule has 2 aliphatic heterocycles. The first-order valence-corrected chi connectivity index (χ1v) is 9.05. The van der Waals surface area contributed by atoms with Gasteiger partial charge in [-0.05, 0) is 56.5 Å². The van der Waals surface area contributed by atoms with Crippen molar-refractivity contribution in [3.05, 3.63) is 29.8 Å². The molecule has 0 amide bonds. The van der Waals surface area contributed by atoms with E-state index in [1.54, 1.807) is 7.11 Å². The Morgan fingerprint density at radius 2 is 2.08 bits per heavy atom. The average molecular weight is 335 g/mol. The largest absolute Gasteiger partial charge is 0.497 e. The Labute approximate surface area is 144 Å². The maximum absolute atomic E-state index is 9.44. The van der Waals surface area contributed by atoms with Crippen LogP contribution in [0.3, 0.4) is 0 Å². The van der Waals surface area contributed by atoms with Crippen molar-refractivity contribution in [2.45, 2.75) is 43.9 Å². The van der Waals surface area contributed by atoms with E-state index in [2.05, 4.69) is 4.90 Å². The fourth-order valence-electron chi connectivity index (χ4n) is 3.76. The lowest BCUT2D eigenvalue weighted by molar-refractivity contribution is -0.266. The number of likely N-dealkylation sites (tertiary alicyclic amines) is 1. The van der Waals surface area contributed by atoms with E-state index in [0.29, 0.717) is 6.61 Å². The van der Waals surface area contributed by atoms with Gasteiger partial charge >= 0.3 is 0 Å². The molecule has 134 valence electrons. The summed E-state index contributed by atoms with van der Waals surface area (Å²) in [7, 11) is 1.67. The minimum absolute atomic E-state index is 0.236. The lowest BCUT2D eigenvalue weighted by Gasteiger charge is -2.38. The van der Waals surface area contributed by atoms with Gasteiger partial charge in [0.1, 0.15) is 5.75 Å². The van der Waals surface area contributed by atoms with Gasteiger partial charge in [0, 0.05) is 24.6 Å². The maximum atomic E-state index is 9.44. The van der Waals surface area contributed by atoms with Crippen molar-refractivity contribution < 1.29 is 19.3 Å². The first-order chi connectivity index (χ1) is 11.8. The SMILES string of the molecule is COc1ccc(C2(OCCN3CCC[C@@H]3CO)CCCCO2)cc1. The lowest BCUT2D eigenvalue weighted by Crippen LogP contribution is -2.40. The highest BCUT2D eigenvalue weighted by Gasteiger charge is 2.37. The minimum Gasteiger partial charge on any atom is -0.497 e. The highest BCUT2D eigenvalue weighted by molar-refractivity contribution is 5.30. The summed E-state index contributed by atoms with van der Waals surface area (Å²) in [4.78, 5) is 2.32. The molecule has 24 heavy (non-hydrogen) atoms. The topological polar surface area (TPSA) is 51.2 Å². The van der Waals surface area contributed by atoms with Crippen molar-refractivity contribution in [2.75, 3.05) is 40.0 Å². The van der Waals surface area contributed by atoms with Crippen molar-refractivity contribution in [3.8, 4) is 5.75 Å². The molecule has 1 aromatic carbocycles. The van der Waals surface area contributed by atoms with Crippen LogP contribution in [0.25, 0.3) is 0 Å². The van der Waals surface area contributed by atoms with E-state index < -0.39 is 5.79 Å². The molecule has 0 saturated carbocycles. The molecular formula is C19H29NO4. The Morgan fingerprint density at radius 3 is 2.75 bits per heavy atom. The molecule has 0 spiro atoms. The molecule has 3 rings (SSSR count). The van der Waals surface area contributed by atoms with E-state index >= 15 is 0 Å². The number of nitrogens with zero attached hydrogens (tertiary/aromatic N) is 1. The summed E-state index contributed by atoms with van der Waals surface area (Å²) in [6, 6.07) is 8.28. The number of benzene rings is 1. The third kappa shape index (κ3) is 3.91. The lowest BCUT2D eigenvalue weighted by atomic mass is 9.97. The highest BCUT2D eigenvalue weighted by atomic mass is 16.7. The van der Waals surface area contributed by atoms with Crippen LogP contribution in [0.2, 0.25) is 0 Å². The van der Waals surface area contributed by atoms with Gasteiger partial charge < -0.3 is 19.3 Å². The van der Waals surface area contributed by atoms with Crippen molar-refractivity contribution in [2.24, 2.45) is 0 Å². The quantitative estimate of drug-likeness (QED) is 0.830. The van der Waals surface area contributed by atoms with Gasteiger partial charge in [-0.1, -0.05) is 0 Å². The van der Waals surface area contributed by atoms with Gasteiger partial charge in [0.2, 0.25) is 0 Å². The third-order valence-electron chi connectivity index (χ3n) is 5.19. The van der Waals surface area contributed by atoms with Gasteiger partial charge in [0.25, 0.3) is 0 Å². The predicted molar refractivity (Wildman–Crippen MR) is 92.1 cm³/mol. The molecule has 0 aliphatic carbocycles. The van der Waals surface area contributed by atoms with E-state index in [1.807, 2.05) is 24.3 Å². The van der Waals surface area contributed by atoms with E-state index in [-0.39, 0.29) is 12.6 Å². The molecule has 1 N–H and O–H groups in total. The molecular weight excluding hydrogens is 306 g/mol. The monoisotopic (exact) mass is 335 g/mol. The maximum Gasteiger partial charge on any atom is 0.194 e. The van der Waals surface area contributed by atoms with Crippen LogP contribution in [0.1, 0.15) is 37.7 Å². The Morgan fingerprint density at radius 1 is 1.25 bits per heavy atom. The van der Waals surface area contributed by atoms with E-state index in [9.17, 15) is 5.11 Å². The molecule has 2 aliphatic rings. The second-order valence-corrected chi connectivity index (χ2v) is 6.65. The third-order valence-corrected chi connectivity index (χ3v) is 5.19. The molecule has 0 bridgehead atoms. The summed E-state index contributed by atoms with van der Waals surface area (Å²) in [5, 5.41) is 9.44. The molecule has 5 nitrogen and oxygen atoms in total. The van der Waals surface area contributed by atoms with E-state index in [1.165, 1.54) is 0 Å². The van der Waals surface area contributed by atoms with Gasteiger partial charge in [-0.3, -0.25) is 4.90 Å². The standard InChI is InChI=1S/C19H29NO4/c1-22-18-8-6-16(7-9-18)19(10-2-3-13-23-19)24-14-12-20-11-4-5-17(20)15-21/h6-9,17,21H,2-5,10-15H2,1H3/t17-,19?/m1/s1. The van der Waals surface area contributed by atoms with Gasteiger partial charge in [-0.25, -0.2) is 0 Å². The Hall–Kier alpha value is -1.14. The first kappa shape index (κ1) is 17.7. The molecule has 2 fully saturated rings. The van der Waals surface area contributed by atoms with Crippen LogP contribution < -0.4 is 4.74 Å². The second-order valence-electron chi connectivity index (χ2n) is 6.65. The average Bonchev–Trinajstić information content (AvgIpc) is 3.10. The van der Waals surface area contributed by atoms with Gasteiger partial charge in [-0.2, -0.15) is 0 Å². The Balaban J connectivity index is 1.64.